The molecule has 0 atom stereocenters. The Kier molecular flexibility index (Phi) is 16.4. The van der Waals surface area contributed by atoms with Crippen LogP contribution in [0, 0.1) is 63.6 Å². The Labute approximate surface area is 80.7 Å². The van der Waals surface area contributed by atoms with Crippen LogP contribution in [0.3, 0.4) is 0 Å². The summed E-state index contributed by atoms with van der Waals surface area (Å²) in [6.07, 6.45) is 0. The molecule has 0 aromatic carbocycles. The zero-order valence-corrected chi connectivity index (χ0v) is 7.23. The van der Waals surface area contributed by atoms with Crippen molar-refractivity contribution in [2.75, 3.05) is 0 Å². The maximum Gasteiger partial charge on any atom is 0 e. The first kappa shape index (κ1) is 11.2. The first-order valence-electron chi connectivity index (χ1n) is 0.293. The Hall–Kier alpha value is 3.34. The molecule has 0 aliphatic carbocycles. The molecule has 0 nitrogen and oxygen atoms in total. The van der Waals surface area contributed by atoms with Gasteiger partial charge in [0.1, 0.15) is 0 Å². The maximum atomic E-state index is 4.92. The fourth-order valence-corrected chi connectivity index (χ4v) is 0. The van der Waals surface area contributed by atoms with Gasteiger partial charge in [-0.2, -0.15) is 0 Å². The standard InChI is InChI=1S/3ClH.2Lu/h3*1H;;/q;;;;+3/p-3. The summed E-state index contributed by atoms with van der Waals surface area (Å²) >= 11 is -1.53. The molecule has 0 aliphatic rings. The summed E-state index contributed by atoms with van der Waals surface area (Å²) in [6, 6.07) is 0. The van der Waals surface area contributed by atoms with Gasteiger partial charge in [0.2, 0.25) is 0 Å². The van der Waals surface area contributed by atoms with E-state index < -0.39 is 26.7 Å². The van der Waals surface area contributed by atoms with E-state index in [1.807, 2.05) is 0 Å². The molecule has 0 N–H and O–H groups in total. The van der Waals surface area contributed by atoms with Crippen molar-refractivity contribution < 1.29 is 63.6 Å². The van der Waals surface area contributed by atoms with Crippen LogP contribution >= 0.6 is 19.7 Å². The van der Waals surface area contributed by atoms with Crippen LogP contribution in [0.15, 0.2) is 0 Å². The smallest absolute Gasteiger partial charge is 0 e. The van der Waals surface area contributed by atoms with E-state index in [1.165, 1.54) is 0 Å². The monoisotopic (exact) mass is 455 g/mol. The molecular formula is Cl3Lu2. The molecule has 0 aromatic rings. The van der Waals surface area contributed by atoms with E-state index in [-0.39, 0.29) is 36.9 Å². The van der Waals surface area contributed by atoms with Gasteiger partial charge in [-0.05, 0) is 0 Å². The van der Waals surface area contributed by atoms with Gasteiger partial charge >= 0.3 is 46.3 Å². The second-order valence-electron chi connectivity index (χ2n) is 0.111. The van der Waals surface area contributed by atoms with Gasteiger partial charge in [0, 0.05) is 36.9 Å². The molecular weight excluding hydrogens is 456 g/mol. The predicted molar refractivity (Wildman–Crippen MR) is 17.6 cm³/mol. The first-order chi connectivity index (χ1) is 1.73. The summed E-state index contributed by atoms with van der Waals surface area (Å²) in [4.78, 5) is 0. The molecule has 0 spiro atoms. The van der Waals surface area contributed by atoms with Crippen molar-refractivity contribution in [2.45, 2.75) is 0 Å². The van der Waals surface area contributed by atoms with Gasteiger partial charge < -0.3 is 0 Å². The maximum absolute atomic E-state index is 4.92. The van der Waals surface area contributed by atoms with E-state index in [0.29, 0.717) is 0 Å². The van der Waals surface area contributed by atoms with Gasteiger partial charge in [-0.1, -0.05) is 0 Å². The van der Waals surface area contributed by atoms with E-state index in [2.05, 4.69) is 0 Å². The molecule has 0 amide bonds. The fourth-order valence-electron chi connectivity index (χ4n) is 0. The summed E-state index contributed by atoms with van der Waals surface area (Å²) in [5.74, 6) is 0. The van der Waals surface area contributed by atoms with Crippen LogP contribution in [0.25, 0.3) is 0 Å². The molecule has 0 saturated carbocycles. The Morgan fingerprint density at radius 2 is 1.00 bits per heavy atom. The van der Waals surface area contributed by atoms with Crippen LogP contribution < -0.4 is 0 Å². The summed E-state index contributed by atoms with van der Waals surface area (Å²) in [5, 5.41) is 0. The molecule has 0 saturated heterocycles. The summed E-state index contributed by atoms with van der Waals surface area (Å²) in [6.45, 7) is 14.7. The minimum Gasteiger partial charge on any atom is 0 e. The predicted octanol–water partition coefficient (Wildman–Crippen LogP) is 2.07. The molecule has 0 aliphatic heterocycles. The molecule has 0 fully saturated rings. The average Bonchev–Trinajstić information content (AvgIpc) is 0.811. The van der Waals surface area contributed by atoms with E-state index in [1.54, 1.807) is 0 Å². The molecule has 5 heteroatoms. The molecule has 51 valence electrons. The molecule has 0 bridgehead atoms. The Bertz CT molecular complexity index is 9.61. The Morgan fingerprint density at radius 1 is 1.00 bits per heavy atom. The molecule has 0 unspecified atom stereocenters. The van der Waals surface area contributed by atoms with Crippen LogP contribution in [0.2, 0.25) is 0 Å². The zero-order chi connectivity index (χ0) is 3.58. The fraction of sp³-hybridized carbons (Fsp3) is 0. The molecule has 1 radical (unpaired) electrons. The van der Waals surface area contributed by atoms with Gasteiger partial charge in [-0.3, -0.25) is 0 Å². The zero-order valence-electron chi connectivity index (χ0n) is 1.65. The summed E-state index contributed by atoms with van der Waals surface area (Å²) in [7, 11) is 0. The number of hydrogen-bond donors (Lipinski definition) is 0. The summed E-state index contributed by atoms with van der Waals surface area (Å²) < 4.78 is 0. The Morgan fingerprint density at radius 3 is 1.00 bits per heavy atom. The third kappa shape index (κ3) is 18.8. The SMILES string of the molecule is [Cl][Lu]([Cl])[Cl].[Lu]. The van der Waals surface area contributed by atoms with Crippen molar-refractivity contribution in [1.82, 2.24) is 0 Å². The topological polar surface area (TPSA) is 0 Å². The van der Waals surface area contributed by atoms with Crippen molar-refractivity contribution in [1.29, 1.82) is 0 Å². The van der Waals surface area contributed by atoms with Crippen LogP contribution in [-0.4, -0.2) is 0 Å². The van der Waals surface area contributed by atoms with E-state index in [0.717, 1.165) is 0 Å². The molecule has 0 aromatic heterocycles. The number of halogens is 3. The third-order valence-corrected chi connectivity index (χ3v) is 0. The van der Waals surface area contributed by atoms with E-state index in [4.69, 9.17) is 19.7 Å². The first-order valence-corrected chi connectivity index (χ1v) is 6.51. The van der Waals surface area contributed by atoms with Gasteiger partial charge in [0.05, 0.1) is 0 Å². The molecule has 0 heterocycles. The van der Waals surface area contributed by atoms with Gasteiger partial charge in [-0.15, -0.1) is 0 Å². The number of rotatable bonds is 0. The van der Waals surface area contributed by atoms with Crippen molar-refractivity contribution in [3.8, 4) is 0 Å². The van der Waals surface area contributed by atoms with Gasteiger partial charge in [0.25, 0.3) is 0 Å². The van der Waals surface area contributed by atoms with Crippen LogP contribution in [0.5, 0.6) is 0 Å². The molecule has 5 heavy (non-hydrogen) atoms. The molecule has 0 rings (SSSR count). The van der Waals surface area contributed by atoms with Crippen LogP contribution in [-0.2, 0) is 0 Å². The van der Waals surface area contributed by atoms with Crippen molar-refractivity contribution in [3.63, 3.8) is 0 Å². The van der Waals surface area contributed by atoms with E-state index in [9.17, 15) is 0 Å². The van der Waals surface area contributed by atoms with Crippen LogP contribution in [0.4, 0.5) is 0 Å². The normalized spacial score (nSPS) is 9.00. The van der Waals surface area contributed by atoms with Crippen molar-refractivity contribution >= 4 is 19.7 Å². The number of hydrogen-bond acceptors (Lipinski definition) is 0. The minimum atomic E-state index is -1.53. The minimum absolute atomic E-state index is 0. The van der Waals surface area contributed by atoms with Crippen molar-refractivity contribution in [3.05, 3.63) is 0 Å². The van der Waals surface area contributed by atoms with E-state index >= 15 is 0 Å². The van der Waals surface area contributed by atoms with Gasteiger partial charge in [-0.25, -0.2) is 0 Å². The average molecular weight is 456 g/mol. The van der Waals surface area contributed by atoms with Crippen molar-refractivity contribution in [2.24, 2.45) is 0 Å². The van der Waals surface area contributed by atoms with Crippen LogP contribution in [0.1, 0.15) is 0 Å². The second kappa shape index (κ2) is 7.34. The quantitative estimate of drug-likeness (QED) is 0.524. The summed E-state index contributed by atoms with van der Waals surface area (Å²) in [5.41, 5.74) is 0. The Balaban J connectivity index is 0. The second-order valence-corrected chi connectivity index (χ2v) is 7.39. The largest absolute Gasteiger partial charge is 0 e. The van der Waals surface area contributed by atoms with Gasteiger partial charge in [0.15, 0.2) is 0 Å². The third-order valence-electron chi connectivity index (χ3n) is 0.